The van der Waals surface area contributed by atoms with E-state index in [1.165, 1.54) is 5.56 Å². The third-order valence-electron chi connectivity index (χ3n) is 5.03. The van der Waals surface area contributed by atoms with Crippen LogP contribution in [0.3, 0.4) is 0 Å². The second-order valence-corrected chi connectivity index (χ2v) is 8.00. The van der Waals surface area contributed by atoms with Gasteiger partial charge in [-0.3, -0.25) is 9.78 Å². The summed E-state index contributed by atoms with van der Waals surface area (Å²) in [6.45, 7) is 7.63. The number of carbonyl (C=O) groups is 1. The molecule has 3 nitrogen and oxygen atoms in total. The average molecular weight is 371 g/mol. The lowest BCUT2D eigenvalue weighted by Crippen LogP contribution is -2.41. The number of amides is 1. The lowest BCUT2D eigenvalue weighted by atomic mass is 9.91. The number of aromatic nitrogens is 1. The van der Waals surface area contributed by atoms with Gasteiger partial charge in [-0.1, -0.05) is 43.6 Å². The summed E-state index contributed by atoms with van der Waals surface area (Å²) in [7, 11) is 0. The van der Waals surface area contributed by atoms with E-state index < -0.39 is 0 Å². The number of hydrogen-bond acceptors (Lipinski definition) is 2. The number of piperidine rings is 1. The molecule has 1 aromatic carbocycles. The zero-order valence-corrected chi connectivity index (χ0v) is 16.6. The van der Waals surface area contributed by atoms with E-state index in [0.717, 1.165) is 54.3 Å². The van der Waals surface area contributed by atoms with E-state index in [1.54, 1.807) is 0 Å². The fraction of sp³-hybridized carbons (Fsp3) is 0.455. The molecule has 4 heteroatoms. The highest BCUT2D eigenvalue weighted by atomic mass is 35.5. The second kappa shape index (κ2) is 8.22. The van der Waals surface area contributed by atoms with E-state index in [9.17, 15) is 4.79 Å². The normalized spacial score (nSPS) is 17.6. The zero-order valence-electron chi connectivity index (χ0n) is 15.8. The number of benzene rings is 1. The molecule has 1 fully saturated rings. The van der Waals surface area contributed by atoms with Crippen LogP contribution in [0.1, 0.15) is 55.1 Å². The number of halogens is 1. The minimum atomic E-state index is 0.0509. The van der Waals surface area contributed by atoms with Crippen molar-refractivity contribution in [3.05, 3.63) is 63.9 Å². The fourth-order valence-corrected chi connectivity index (χ4v) is 3.93. The molecule has 26 heavy (non-hydrogen) atoms. The van der Waals surface area contributed by atoms with Crippen LogP contribution in [0.2, 0.25) is 5.02 Å². The van der Waals surface area contributed by atoms with Gasteiger partial charge in [0.05, 0.1) is 0 Å². The van der Waals surface area contributed by atoms with Crippen LogP contribution in [-0.2, 0) is 11.2 Å². The van der Waals surface area contributed by atoms with Crippen molar-refractivity contribution >= 4 is 17.5 Å². The zero-order chi connectivity index (χ0) is 18.7. The van der Waals surface area contributed by atoms with Crippen molar-refractivity contribution in [1.82, 2.24) is 9.88 Å². The van der Waals surface area contributed by atoms with Crippen LogP contribution in [0.5, 0.6) is 0 Å². The van der Waals surface area contributed by atoms with Crippen molar-refractivity contribution in [3.63, 3.8) is 0 Å². The first-order chi connectivity index (χ1) is 12.4. The van der Waals surface area contributed by atoms with Crippen LogP contribution < -0.4 is 0 Å². The first-order valence-electron chi connectivity index (χ1n) is 9.43. The molecule has 1 atom stereocenters. The highest BCUT2D eigenvalue weighted by Crippen LogP contribution is 2.28. The predicted octanol–water partition coefficient (Wildman–Crippen LogP) is 5.00. The van der Waals surface area contributed by atoms with Gasteiger partial charge in [0, 0.05) is 41.3 Å². The van der Waals surface area contributed by atoms with Gasteiger partial charge in [0.15, 0.2) is 0 Å². The van der Waals surface area contributed by atoms with Crippen molar-refractivity contribution in [2.45, 2.75) is 46.0 Å². The van der Waals surface area contributed by atoms with E-state index in [-0.39, 0.29) is 11.8 Å². The van der Waals surface area contributed by atoms with Crippen LogP contribution in [0.25, 0.3) is 0 Å². The highest BCUT2D eigenvalue weighted by Gasteiger charge is 2.27. The maximum absolute atomic E-state index is 12.4. The van der Waals surface area contributed by atoms with Gasteiger partial charge in [0.1, 0.15) is 0 Å². The Morgan fingerprint density at radius 2 is 2.08 bits per heavy atom. The first-order valence-corrected chi connectivity index (χ1v) is 9.81. The van der Waals surface area contributed by atoms with E-state index in [2.05, 4.69) is 18.2 Å². The van der Waals surface area contributed by atoms with Crippen LogP contribution in [0.4, 0.5) is 0 Å². The van der Waals surface area contributed by atoms with Gasteiger partial charge in [-0.25, -0.2) is 0 Å². The Hall–Kier alpha value is -1.87. The van der Waals surface area contributed by atoms with E-state index >= 15 is 0 Å². The van der Waals surface area contributed by atoms with Gasteiger partial charge in [-0.15, -0.1) is 0 Å². The summed E-state index contributed by atoms with van der Waals surface area (Å²) in [5.74, 6) is 0.616. The van der Waals surface area contributed by atoms with Crippen molar-refractivity contribution in [2.24, 2.45) is 5.92 Å². The molecule has 1 saturated heterocycles. The van der Waals surface area contributed by atoms with Gasteiger partial charge < -0.3 is 4.90 Å². The third kappa shape index (κ3) is 4.45. The predicted molar refractivity (Wildman–Crippen MR) is 107 cm³/mol. The average Bonchev–Trinajstić information content (AvgIpc) is 2.62. The van der Waals surface area contributed by atoms with Crippen molar-refractivity contribution in [1.29, 1.82) is 0 Å². The minimum Gasteiger partial charge on any atom is -0.342 e. The maximum Gasteiger partial charge on any atom is 0.225 e. The van der Waals surface area contributed by atoms with Crippen LogP contribution >= 0.6 is 11.6 Å². The SMILES string of the molecule is Cc1cc(Cc2ccccc2Cl)cc([C@H]2CCCN(C(=O)C(C)C)C2)n1. The minimum absolute atomic E-state index is 0.0509. The molecule has 0 saturated carbocycles. The summed E-state index contributed by atoms with van der Waals surface area (Å²) in [5.41, 5.74) is 4.49. The molecule has 1 amide bonds. The summed E-state index contributed by atoms with van der Waals surface area (Å²) < 4.78 is 0. The smallest absolute Gasteiger partial charge is 0.225 e. The van der Waals surface area contributed by atoms with Gasteiger partial charge in [-0.05, 0) is 55.5 Å². The lowest BCUT2D eigenvalue weighted by Gasteiger charge is -2.34. The molecule has 0 N–H and O–H groups in total. The Balaban J connectivity index is 1.81. The highest BCUT2D eigenvalue weighted by molar-refractivity contribution is 6.31. The van der Waals surface area contributed by atoms with Gasteiger partial charge >= 0.3 is 0 Å². The summed E-state index contributed by atoms with van der Waals surface area (Å²) in [6, 6.07) is 12.3. The Labute approximate surface area is 161 Å². The quantitative estimate of drug-likeness (QED) is 0.759. The summed E-state index contributed by atoms with van der Waals surface area (Å²) >= 11 is 6.33. The van der Waals surface area contributed by atoms with Crippen molar-refractivity contribution in [2.75, 3.05) is 13.1 Å². The number of nitrogens with zero attached hydrogens (tertiary/aromatic N) is 2. The number of hydrogen-bond donors (Lipinski definition) is 0. The molecule has 1 aromatic heterocycles. The molecular weight excluding hydrogens is 344 g/mol. The Morgan fingerprint density at radius 3 is 2.81 bits per heavy atom. The van der Waals surface area contributed by atoms with Gasteiger partial charge in [0.2, 0.25) is 5.91 Å². The standard InChI is InChI=1S/C22H27ClN2O/c1-15(2)22(26)25-10-6-8-19(14-25)21-13-17(11-16(3)24-21)12-18-7-4-5-9-20(18)23/h4-5,7,9,11,13,15,19H,6,8,10,12,14H2,1-3H3/t19-/m0/s1. The van der Waals surface area contributed by atoms with E-state index in [1.807, 2.05) is 43.9 Å². The van der Waals surface area contributed by atoms with E-state index in [4.69, 9.17) is 16.6 Å². The van der Waals surface area contributed by atoms with Crippen LogP contribution in [-0.4, -0.2) is 28.9 Å². The molecule has 1 aliphatic rings. The largest absolute Gasteiger partial charge is 0.342 e. The molecule has 3 rings (SSSR count). The second-order valence-electron chi connectivity index (χ2n) is 7.59. The Kier molecular flexibility index (Phi) is 5.98. The molecule has 0 bridgehead atoms. The Bertz CT molecular complexity index is 787. The number of likely N-dealkylation sites (tertiary alicyclic amines) is 1. The molecule has 2 aromatic rings. The molecular formula is C22H27ClN2O. The molecule has 0 radical (unpaired) electrons. The molecule has 0 aliphatic carbocycles. The molecule has 2 heterocycles. The van der Waals surface area contributed by atoms with Crippen LogP contribution in [0.15, 0.2) is 36.4 Å². The van der Waals surface area contributed by atoms with Gasteiger partial charge in [-0.2, -0.15) is 0 Å². The number of carbonyl (C=O) groups excluding carboxylic acids is 1. The van der Waals surface area contributed by atoms with Crippen LogP contribution in [0, 0.1) is 12.8 Å². The summed E-state index contributed by atoms with van der Waals surface area (Å²) in [5, 5.41) is 0.801. The summed E-state index contributed by atoms with van der Waals surface area (Å²) in [6.07, 6.45) is 2.93. The third-order valence-corrected chi connectivity index (χ3v) is 5.40. The Morgan fingerprint density at radius 1 is 1.31 bits per heavy atom. The fourth-order valence-electron chi connectivity index (χ4n) is 3.72. The monoisotopic (exact) mass is 370 g/mol. The molecule has 0 unspecified atom stereocenters. The van der Waals surface area contributed by atoms with Crippen molar-refractivity contribution in [3.8, 4) is 0 Å². The molecule has 1 aliphatic heterocycles. The summed E-state index contributed by atoms with van der Waals surface area (Å²) in [4.78, 5) is 19.2. The molecule has 0 spiro atoms. The number of pyridine rings is 1. The lowest BCUT2D eigenvalue weighted by molar-refractivity contribution is -0.135. The first kappa shape index (κ1) is 18.9. The van der Waals surface area contributed by atoms with E-state index in [0.29, 0.717) is 5.92 Å². The number of rotatable bonds is 4. The van der Waals surface area contributed by atoms with Gasteiger partial charge in [0.25, 0.3) is 0 Å². The van der Waals surface area contributed by atoms with Crippen molar-refractivity contribution < 1.29 is 4.79 Å². The molecule has 138 valence electrons. The number of aryl methyl sites for hydroxylation is 1. The topological polar surface area (TPSA) is 33.2 Å². The maximum atomic E-state index is 12.4.